The highest BCUT2D eigenvalue weighted by atomic mass is 35.5. The van der Waals surface area contributed by atoms with E-state index in [9.17, 15) is 4.79 Å². The van der Waals surface area contributed by atoms with Crippen LogP contribution in [-0.2, 0) is 13.5 Å². The lowest BCUT2D eigenvalue weighted by Gasteiger charge is -2.18. The topological polar surface area (TPSA) is 90.6 Å². The van der Waals surface area contributed by atoms with Gasteiger partial charge in [-0.1, -0.05) is 11.6 Å². The molecule has 8 nitrogen and oxygen atoms in total. The third kappa shape index (κ3) is 2.69. The zero-order chi connectivity index (χ0) is 18.5. The molecule has 1 aromatic carbocycles. The van der Waals surface area contributed by atoms with E-state index in [0.717, 1.165) is 24.2 Å². The number of aromatic nitrogens is 6. The van der Waals surface area contributed by atoms with Crippen LogP contribution in [0, 0.1) is 0 Å². The van der Waals surface area contributed by atoms with E-state index in [1.165, 1.54) is 0 Å². The molecule has 136 valence electrons. The van der Waals surface area contributed by atoms with Gasteiger partial charge in [-0.05, 0) is 30.5 Å². The molecule has 1 N–H and O–H groups in total. The van der Waals surface area contributed by atoms with Crippen molar-refractivity contribution in [3.63, 3.8) is 0 Å². The lowest BCUT2D eigenvalue weighted by molar-refractivity contribution is 0.288. The smallest absolute Gasteiger partial charge is 0.262 e. The van der Waals surface area contributed by atoms with Gasteiger partial charge in [-0.3, -0.25) is 9.48 Å². The number of ether oxygens (including phenoxy) is 1. The van der Waals surface area contributed by atoms with Crippen LogP contribution in [0.4, 0.5) is 0 Å². The number of halogens is 1. The Morgan fingerprint density at radius 2 is 2.19 bits per heavy atom. The second kappa shape index (κ2) is 5.95. The number of benzene rings is 1. The molecule has 5 rings (SSSR count). The van der Waals surface area contributed by atoms with Crippen molar-refractivity contribution in [1.29, 1.82) is 0 Å². The number of aromatic amines is 1. The van der Waals surface area contributed by atoms with Gasteiger partial charge < -0.3 is 9.72 Å². The van der Waals surface area contributed by atoms with Crippen molar-refractivity contribution in [1.82, 2.24) is 29.5 Å². The normalized spacial score (nSPS) is 13.6. The Labute approximate surface area is 158 Å². The Hall–Kier alpha value is -3.13. The molecule has 0 unspecified atom stereocenters. The molecular weight excluding hydrogens is 368 g/mol. The average molecular weight is 383 g/mol. The van der Waals surface area contributed by atoms with Gasteiger partial charge in [0.05, 0.1) is 17.3 Å². The SMILES string of the molecule is Cn1ccc(-c2nc3nn(-c4cc5c(cc4Cl)OCCC5)cc3c(=O)[nH]2)n1. The third-order valence-corrected chi connectivity index (χ3v) is 4.87. The molecule has 4 aromatic rings. The zero-order valence-corrected chi connectivity index (χ0v) is 15.2. The number of aryl methyl sites for hydroxylation is 2. The summed E-state index contributed by atoms with van der Waals surface area (Å²) in [5, 5.41) is 9.64. The lowest BCUT2D eigenvalue weighted by atomic mass is 10.1. The highest BCUT2D eigenvalue weighted by molar-refractivity contribution is 6.32. The fourth-order valence-corrected chi connectivity index (χ4v) is 3.48. The minimum Gasteiger partial charge on any atom is -0.493 e. The molecule has 0 saturated heterocycles. The van der Waals surface area contributed by atoms with E-state index in [-0.39, 0.29) is 5.56 Å². The van der Waals surface area contributed by atoms with Crippen LogP contribution in [0.15, 0.2) is 35.4 Å². The lowest BCUT2D eigenvalue weighted by Crippen LogP contribution is -2.09. The van der Waals surface area contributed by atoms with E-state index in [1.807, 2.05) is 6.07 Å². The number of rotatable bonds is 2. The summed E-state index contributed by atoms with van der Waals surface area (Å²) < 4.78 is 8.89. The molecule has 0 amide bonds. The summed E-state index contributed by atoms with van der Waals surface area (Å²) >= 11 is 6.43. The van der Waals surface area contributed by atoms with Gasteiger partial charge in [0.25, 0.3) is 5.56 Å². The molecule has 27 heavy (non-hydrogen) atoms. The Kier molecular flexibility index (Phi) is 3.54. The summed E-state index contributed by atoms with van der Waals surface area (Å²) in [6, 6.07) is 5.53. The van der Waals surface area contributed by atoms with Crippen LogP contribution in [0.25, 0.3) is 28.2 Å². The summed E-state index contributed by atoms with van der Waals surface area (Å²) in [4.78, 5) is 19.7. The van der Waals surface area contributed by atoms with E-state index >= 15 is 0 Å². The minimum absolute atomic E-state index is 0.274. The quantitative estimate of drug-likeness (QED) is 0.575. The van der Waals surface area contributed by atoms with Crippen molar-refractivity contribution in [2.75, 3.05) is 6.61 Å². The Morgan fingerprint density at radius 1 is 1.30 bits per heavy atom. The minimum atomic E-state index is -0.274. The highest BCUT2D eigenvalue weighted by Crippen LogP contribution is 2.33. The predicted octanol–water partition coefficient (Wildman–Crippen LogP) is 2.49. The van der Waals surface area contributed by atoms with Crippen LogP contribution in [0.2, 0.25) is 5.02 Å². The summed E-state index contributed by atoms with van der Waals surface area (Å²) in [7, 11) is 1.80. The maximum Gasteiger partial charge on any atom is 0.262 e. The van der Waals surface area contributed by atoms with Crippen LogP contribution < -0.4 is 10.3 Å². The number of hydrogen-bond acceptors (Lipinski definition) is 5. The largest absolute Gasteiger partial charge is 0.493 e. The molecule has 0 fully saturated rings. The van der Waals surface area contributed by atoms with Gasteiger partial charge in [0.1, 0.15) is 16.8 Å². The molecule has 3 aromatic heterocycles. The fourth-order valence-electron chi connectivity index (χ4n) is 3.24. The van der Waals surface area contributed by atoms with E-state index in [0.29, 0.717) is 39.9 Å². The van der Waals surface area contributed by atoms with Crippen LogP contribution in [0.1, 0.15) is 12.0 Å². The number of nitrogens with zero attached hydrogens (tertiary/aromatic N) is 5. The summed E-state index contributed by atoms with van der Waals surface area (Å²) in [5.74, 6) is 1.18. The molecular formula is C18H15ClN6O2. The Bertz CT molecular complexity index is 1240. The number of H-pyrrole nitrogens is 1. The molecule has 0 spiro atoms. The van der Waals surface area contributed by atoms with Crippen LogP contribution in [-0.4, -0.2) is 36.1 Å². The van der Waals surface area contributed by atoms with Crippen molar-refractivity contribution in [2.45, 2.75) is 12.8 Å². The first-order valence-corrected chi connectivity index (χ1v) is 8.91. The van der Waals surface area contributed by atoms with E-state index in [1.54, 1.807) is 40.9 Å². The van der Waals surface area contributed by atoms with E-state index < -0.39 is 0 Å². The molecule has 0 bridgehead atoms. The molecule has 0 aliphatic carbocycles. The van der Waals surface area contributed by atoms with Crippen molar-refractivity contribution < 1.29 is 4.74 Å². The predicted molar refractivity (Wildman–Crippen MR) is 101 cm³/mol. The van der Waals surface area contributed by atoms with Crippen LogP contribution in [0.3, 0.4) is 0 Å². The molecule has 1 aliphatic rings. The first-order chi connectivity index (χ1) is 13.1. The van der Waals surface area contributed by atoms with Gasteiger partial charge in [-0.15, -0.1) is 5.10 Å². The van der Waals surface area contributed by atoms with Gasteiger partial charge in [-0.2, -0.15) is 5.10 Å². The summed E-state index contributed by atoms with van der Waals surface area (Å²) in [6.07, 6.45) is 5.31. The molecule has 0 atom stereocenters. The molecule has 9 heteroatoms. The molecule has 0 saturated carbocycles. The molecule has 0 radical (unpaired) electrons. The van der Waals surface area contributed by atoms with E-state index in [4.69, 9.17) is 16.3 Å². The van der Waals surface area contributed by atoms with Gasteiger partial charge in [-0.25, -0.2) is 9.67 Å². The fraction of sp³-hybridized carbons (Fsp3) is 0.222. The molecule has 4 heterocycles. The Morgan fingerprint density at radius 3 is 3.00 bits per heavy atom. The van der Waals surface area contributed by atoms with Crippen molar-refractivity contribution in [3.05, 3.63) is 51.5 Å². The van der Waals surface area contributed by atoms with Crippen molar-refractivity contribution in [3.8, 4) is 23.0 Å². The third-order valence-electron chi connectivity index (χ3n) is 4.57. The zero-order valence-electron chi connectivity index (χ0n) is 14.4. The molecule has 1 aliphatic heterocycles. The Balaban J connectivity index is 1.65. The summed E-state index contributed by atoms with van der Waals surface area (Å²) in [6.45, 7) is 0.698. The standard InChI is InChI=1S/C18H15ClN6O2/c1-24-5-4-13(22-24)17-20-16-11(18(26)21-17)9-25(23-16)14-7-10-3-2-6-27-15(10)8-12(14)19/h4-5,7-9H,2-3,6H2,1H3,(H,20,21,23,26). The first-order valence-electron chi connectivity index (χ1n) is 8.54. The second-order valence-electron chi connectivity index (χ2n) is 6.46. The van der Waals surface area contributed by atoms with Gasteiger partial charge in [0.15, 0.2) is 11.5 Å². The maximum absolute atomic E-state index is 12.5. The van der Waals surface area contributed by atoms with Crippen molar-refractivity contribution >= 4 is 22.6 Å². The van der Waals surface area contributed by atoms with Gasteiger partial charge in [0, 0.05) is 25.5 Å². The van der Waals surface area contributed by atoms with Crippen LogP contribution in [0.5, 0.6) is 5.75 Å². The number of fused-ring (bicyclic) bond motifs is 2. The second-order valence-corrected chi connectivity index (χ2v) is 6.87. The number of nitrogens with one attached hydrogen (secondary N) is 1. The maximum atomic E-state index is 12.5. The van der Waals surface area contributed by atoms with Crippen LogP contribution >= 0.6 is 11.6 Å². The summed E-state index contributed by atoms with van der Waals surface area (Å²) in [5.41, 5.74) is 2.41. The first kappa shape index (κ1) is 16.1. The van der Waals surface area contributed by atoms with Gasteiger partial charge >= 0.3 is 0 Å². The monoisotopic (exact) mass is 382 g/mol. The number of hydrogen-bond donors (Lipinski definition) is 1. The highest BCUT2D eigenvalue weighted by Gasteiger charge is 2.17. The average Bonchev–Trinajstić information content (AvgIpc) is 3.27. The van der Waals surface area contributed by atoms with Crippen molar-refractivity contribution in [2.24, 2.45) is 7.05 Å². The van der Waals surface area contributed by atoms with E-state index in [2.05, 4.69) is 20.2 Å². The van der Waals surface area contributed by atoms with Gasteiger partial charge in [0.2, 0.25) is 0 Å².